The van der Waals surface area contributed by atoms with Crippen LogP contribution in [-0.4, -0.2) is 26.4 Å². The van der Waals surface area contributed by atoms with Crippen LogP contribution >= 0.6 is 0 Å². The third-order valence-electron chi connectivity index (χ3n) is 3.85. The average Bonchev–Trinajstić information content (AvgIpc) is 3.30. The number of rotatable bonds is 9. The van der Waals surface area contributed by atoms with Gasteiger partial charge in [-0.05, 0) is 56.3 Å². The summed E-state index contributed by atoms with van der Waals surface area (Å²) in [5, 5.41) is 3.60. The second-order valence-corrected chi connectivity index (χ2v) is 5.69. The molecule has 0 saturated heterocycles. The first kappa shape index (κ1) is 15.3. The average molecular weight is 277 g/mol. The maximum Gasteiger partial charge on any atom is 0.118 e. The zero-order valence-corrected chi connectivity index (χ0v) is 12.9. The van der Waals surface area contributed by atoms with Crippen LogP contribution in [0.2, 0.25) is 0 Å². The van der Waals surface area contributed by atoms with Crippen LogP contribution in [0.15, 0.2) is 24.3 Å². The molecule has 0 heterocycles. The number of nitrogens with one attached hydrogen (secondary N) is 1. The zero-order valence-electron chi connectivity index (χ0n) is 12.9. The number of ether oxygens (including phenoxy) is 2. The van der Waals surface area contributed by atoms with Crippen LogP contribution < -0.4 is 10.1 Å². The van der Waals surface area contributed by atoms with Crippen molar-refractivity contribution in [2.45, 2.75) is 45.3 Å². The molecule has 0 amide bonds. The van der Waals surface area contributed by atoms with E-state index in [0.717, 1.165) is 31.2 Å². The van der Waals surface area contributed by atoms with Gasteiger partial charge < -0.3 is 14.8 Å². The van der Waals surface area contributed by atoms with E-state index in [-0.39, 0.29) is 12.1 Å². The third-order valence-corrected chi connectivity index (χ3v) is 3.85. The SMILES string of the molecule is CCCNC(c1ccc(OC)cc1)C(C)OCC1CC1. The Kier molecular flexibility index (Phi) is 5.86. The summed E-state index contributed by atoms with van der Waals surface area (Å²) in [6.45, 7) is 6.27. The smallest absolute Gasteiger partial charge is 0.118 e. The minimum Gasteiger partial charge on any atom is -0.497 e. The van der Waals surface area contributed by atoms with Gasteiger partial charge in [-0.25, -0.2) is 0 Å². The summed E-state index contributed by atoms with van der Waals surface area (Å²) >= 11 is 0. The Bertz CT molecular complexity index is 386. The lowest BCUT2D eigenvalue weighted by molar-refractivity contribution is 0.0319. The summed E-state index contributed by atoms with van der Waals surface area (Å²) < 4.78 is 11.3. The molecule has 1 N–H and O–H groups in total. The Morgan fingerprint density at radius 1 is 1.25 bits per heavy atom. The summed E-state index contributed by atoms with van der Waals surface area (Å²) in [6.07, 6.45) is 3.99. The number of methoxy groups -OCH3 is 1. The minimum absolute atomic E-state index is 0.190. The van der Waals surface area contributed by atoms with Crippen LogP contribution in [-0.2, 0) is 4.74 Å². The fourth-order valence-electron chi connectivity index (χ4n) is 2.33. The molecule has 1 saturated carbocycles. The minimum atomic E-state index is 0.190. The van der Waals surface area contributed by atoms with Gasteiger partial charge in [-0.2, -0.15) is 0 Å². The molecule has 0 bridgehead atoms. The van der Waals surface area contributed by atoms with Gasteiger partial charge in [0, 0.05) is 6.61 Å². The summed E-state index contributed by atoms with van der Waals surface area (Å²) in [7, 11) is 1.70. The van der Waals surface area contributed by atoms with E-state index in [1.165, 1.54) is 18.4 Å². The van der Waals surface area contributed by atoms with Gasteiger partial charge >= 0.3 is 0 Å². The van der Waals surface area contributed by atoms with Crippen LogP contribution in [0, 0.1) is 5.92 Å². The Labute approximate surface area is 122 Å². The number of benzene rings is 1. The van der Waals surface area contributed by atoms with Gasteiger partial charge in [0.05, 0.1) is 19.3 Å². The second kappa shape index (κ2) is 7.65. The van der Waals surface area contributed by atoms with E-state index in [2.05, 4.69) is 31.3 Å². The lowest BCUT2D eigenvalue weighted by atomic mass is 10.0. The van der Waals surface area contributed by atoms with E-state index in [9.17, 15) is 0 Å². The molecule has 0 spiro atoms. The highest BCUT2D eigenvalue weighted by Crippen LogP contribution is 2.30. The normalized spacial score (nSPS) is 17.8. The first-order valence-electron chi connectivity index (χ1n) is 7.73. The molecule has 1 aromatic rings. The molecule has 0 aromatic heterocycles. The van der Waals surface area contributed by atoms with Crippen LogP contribution in [0.5, 0.6) is 5.75 Å². The first-order chi connectivity index (χ1) is 9.74. The third kappa shape index (κ3) is 4.50. The molecule has 1 aliphatic rings. The predicted molar refractivity (Wildman–Crippen MR) is 82.2 cm³/mol. The van der Waals surface area contributed by atoms with Gasteiger partial charge in [-0.1, -0.05) is 19.1 Å². The van der Waals surface area contributed by atoms with Crippen LogP contribution in [0.1, 0.15) is 44.7 Å². The fraction of sp³-hybridized carbons (Fsp3) is 0.647. The highest BCUT2D eigenvalue weighted by atomic mass is 16.5. The van der Waals surface area contributed by atoms with Gasteiger partial charge in [-0.3, -0.25) is 0 Å². The van der Waals surface area contributed by atoms with Crippen LogP contribution in [0.4, 0.5) is 0 Å². The van der Waals surface area contributed by atoms with Crippen molar-refractivity contribution in [1.29, 1.82) is 0 Å². The number of hydrogen-bond donors (Lipinski definition) is 1. The fourth-order valence-corrected chi connectivity index (χ4v) is 2.33. The molecule has 0 radical (unpaired) electrons. The van der Waals surface area contributed by atoms with E-state index in [1.807, 2.05) is 12.1 Å². The maximum atomic E-state index is 6.04. The lowest BCUT2D eigenvalue weighted by Gasteiger charge is -2.26. The van der Waals surface area contributed by atoms with Crippen molar-refractivity contribution in [3.05, 3.63) is 29.8 Å². The van der Waals surface area contributed by atoms with E-state index >= 15 is 0 Å². The second-order valence-electron chi connectivity index (χ2n) is 5.69. The Hall–Kier alpha value is -1.06. The molecule has 2 rings (SSSR count). The van der Waals surface area contributed by atoms with E-state index in [1.54, 1.807) is 7.11 Å². The van der Waals surface area contributed by atoms with Crippen molar-refractivity contribution in [3.63, 3.8) is 0 Å². The van der Waals surface area contributed by atoms with Crippen molar-refractivity contribution in [2.75, 3.05) is 20.3 Å². The molecular weight excluding hydrogens is 250 g/mol. The molecule has 2 atom stereocenters. The monoisotopic (exact) mass is 277 g/mol. The molecule has 1 aromatic carbocycles. The van der Waals surface area contributed by atoms with Gasteiger partial charge in [0.2, 0.25) is 0 Å². The van der Waals surface area contributed by atoms with Crippen LogP contribution in [0.3, 0.4) is 0 Å². The lowest BCUT2D eigenvalue weighted by Crippen LogP contribution is -2.33. The van der Waals surface area contributed by atoms with E-state index in [0.29, 0.717) is 0 Å². The molecule has 1 aliphatic carbocycles. The van der Waals surface area contributed by atoms with Crippen molar-refractivity contribution < 1.29 is 9.47 Å². The topological polar surface area (TPSA) is 30.5 Å². The number of hydrogen-bond acceptors (Lipinski definition) is 3. The van der Waals surface area contributed by atoms with Gasteiger partial charge in [0.15, 0.2) is 0 Å². The summed E-state index contributed by atoms with van der Waals surface area (Å²) in [5.41, 5.74) is 1.27. The summed E-state index contributed by atoms with van der Waals surface area (Å²) in [6, 6.07) is 8.54. The summed E-state index contributed by atoms with van der Waals surface area (Å²) in [5.74, 6) is 1.70. The van der Waals surface area contributed by atoms with E-state index < -0.39 is 0 Å². The predicted octanol–water partition coefficient (Wildman–Crippen LogP) is 3.55. The Morgan fingerprint density at radius 3 is 2.50 bits per heavy atom. The zero-order chi connectivity index (χ0) is 14.4. The van der Waals surface area contributed by atoms with Gasteiger partial charge in [0.1, 0.15) is 5.75 Å². The van der Waals surface area contributed by atoms with Crippen LogP contribution in [0.25, 0.3) is 0 Å². The van der Waals surface area contributed by atoms with Crippen molar-refractivity contribution in [2.24, 2.45) is 5.92 Å². The molecule has 112 valence electrons. The highest BCUT2D eigenvalue weighted by molar-refractivity contribution is 5.29. The first-order valence-corrected chi connectivity index (χ1v) is 7.73. The molecule has 20 heavy (non-hydrogen) atoms. The Balaban J connectivity index is 1.99. The molecule has 3 nitrogen and oxygen atoms in total. The highest BCUT2D eigenvalue weighted by Gasteiger charge is 2.25. The molecule has 3 heteroatoms. The summed E-state index contributed by atoms with van der Waals surface area (Å²) in [4.78, 5) is 0. The van der Waals surface area contributed by atoms with Crippen molar-refractivity contribution >= 4 is 0 Å². The maximum absolute atomic E-state index is 6.04. The van der Waals surface area contributed by atoms with Crippen molar-refractivity contribution in [3.8, 4) is 5.75 Å². The molecule has 1 fully saturated rings. The van der Waals surface area contributed by atoms with E-state index in [4.69, 9.17) is 9.47 Å². The van der Waals surface area contributed by atoms with Gasteiger partial charge in [-0.15, -0.1) is 0 Å². The molecular formula is C17H27NO2. The largest absolute Gasteiger partial charge is 0.497 e. The Morgan fingerprint density at radius 2 is 1.95 bits per heavy atom. The van der Waals surface area contributed by atoms with Gasteiger partial charge in [0.25, 0.3) is 0 Å². The van der Waals surface area contributed by atoms with Crippen molar-refractivity contribution in [1.82, 2.24) is 5.32 Å². The molecule has 2 unspecified atom stereocenters. The standard InChI is InChI=1S/C17H27NO2/c1-4-11-18-17(13(2)20-12-14-5-6-14)15-7-9-16(19-3)10-8-15/h7-10,13-14,17-18H,4-6,11-12H2,1-3H3. The quantitative estimate of drug-likeness (QED) is 0.749. The molecule has 0 aliphatic heterocycles.